The minimum absolute atomic E-state index is 0.311. The van der Waals surface area contributed by atoms with Gasteiger partial charge in [0.15, 0.2) is 0 Å². The van der Waals surface area contributed by atoms with Gasteiger partial charge in [0.2, 0.25) is 0 Å². The van der Waals surface area contributed by atoms with E-state index in [1.807, 2.05) is 30.7 Å². The van der Waals surface area contributed by atoms with Gasteiger partial charge in [-0.25, -0.2) is 9.67 Å². The third-order valence-electron chi connectivity index (χ3n) is 4.43. The quantitative estimate of drug-likeness (QED) is 0.789. The van der Waals surface area contributed by atoms with Crippen LogP contribution < -0.4 is 0 Å². The van der Waals surface area contributed by atoms with Crippen LogP contribution in [0.4, 0.5) is 0 Å². The smallest absolute Gasteiger partial charge is 0.147 e. The van der Waals surface area contributed by atoms with E-state index in [0.29, 0.717) is 25.8 Å². The van der Waals surface area contributed by atoms with Crippen LogP contribution in [0.3, 0.4) is 0 Å². The van der Waals surface area contributed by atoms with Gasteiger partial charge in [-0.05, 0) is 45.4 Å². The Morgan fingerprint density at radius 3 is 3.04 bits per heavy atom. The van der Waals surface area contributed by atoms with Gasteiger partial charge in [-0.1, -0.05) is 0 Å². The number of hydrogen-bond acceptors (Lipinski definition) is 6. The van der Waals surface area contributed by atoms with E-state index in [1.54, 1.807) is 6.26 Å². The van der Waals surface area contributed by atoms with Gasteiger partial charge in [-0.3, -0.25) is 4.90 Å². The summed E-state index contributed by atoms with van der Waals surface area (Å²) in [5.74, 6) is 2.53. The van der Waals surface area contributed by atoms with Gasteiger partial charge in [0, 0.05) is 12.6 Å². The summed E-state index contributed by atoms with van der Waals surface area (Å²) in [4.78, 5) is 6.69. The van der Waals surface area contributed by atoms with Gasteiger partial charge in [-0.2, -0.15) is 5.10 Å². The highest BCUT2D eigenvalue weighted by Gasteiger charge is 2.27. The van der Waals surface area contributed by atoms with Crippen molar-refractivity contribution in [2.45, 2.75) is 52.0 Å². The van der Waals surface area contributed by atoms with Crippen LogP contribution in [-0.2, 0) is 17.9 Å². The molecule has 7 heteroatoms. The van der Waals surface area contributed by atoms with Crippen LogP contribution in [0, 0.1) is 13.8 Å². The van der Waals surface area contributed by atoms with Crippen molar-refractivity contribution >= 4 is 0 Å². The second-order valence-electron chi connectivity index (χ2n) is 6.43. The number of rotatable bonds is 8. The Morgan fingerprint density at radius 1 is 1.46 bits per heavy atom. The maximum absolute atomic E-state index is 10.2. The lowest BCUT2D eigenvalue weighted by atomic mass is 10.2. The summed E-state index contributed by atoms with van der Waals surface area (Å²) in [5, 5.41) is 14.7. The Labute approximate surface area is 142 Å². The molecule has 0 bridgehead atoms. The van der Waals surface area contributed by atoms with E-state index in [0.717, 1.165) is 43.3 Å². The van der Waals surface area contributed by atoms with Gasteiger partial charge in [0.05, 0.1) is 25.5 Å². The normalized spacial score (nSPS) is 19.9. The number of aliphatic hydroxyl groups excluding tert-OH is 1. The highest BCUT2D eigenvalue weighted by molar-refractivity contribution is 4.96. The van der Waals surface area contributed by atoms with Crippen molar-refractivity contribution in [3.8, 4) is 0 Å². The van der Waals surface area contributed by atoms with Crippen molar-refractivity contribution in [2.75, 3.05) is 19.7 Å². The number of aryl methyl sites for hydroxylation is 2. The summed E-state index contributed by atoms with van der Waals surface area (Å²) < 4.78 is 12.7. The largest absolute Gasteiger partial charge is 0.467 e. The summed E-state index contributed by atoms with van der Waals surface area (Å²) >= 11 is 0. The zero-order valence-corrected chi connectivity index (χ0v) is 14.4. The Bertz CT molecular complexity index is 626. The van der Waals surface area contributed by atoms with Crippen LogP contribution in [0.25, 0.3) is 0 Å². The van der Waals surface area contributed by atoms with Crippen molar-refractivity contribution in [3.63, 3.8) is 0 Å². The Hall–Kier alpha value is -1.70. The number of aromatic nitrogens is 3. The molecule has 0 aromatic carbocycles. The second-order valence-corrected chi connectivity index (χ2v) is 6.43. The first-order valence-electron chi connectivity index (χ1n) is 8.52. The highest BCUT2D eigenvalue weighted by Crippen LogP contribution is 2.19. The summed E-state index contributed by atoms with van der Waals surface area (Å²) in [6.07, 6.45) is 3.40. The van der Waals surface area contributed by atoms with E-state index >= 15 is 0 Å². The first-order valence-corrected chi connectivity index (χ1v) is 8.52. The molecule has 24 heavy (non-hydrogen) atoms. The van der Waals surface area contributed by atoms with Crippen molar-refractivity contribution in [1.82, 2.24) is 19.7 Å². The molecule has 1 aliphatic rings. The van der Waals surface area contributed by atoms with Crippen molar-refractivity contribution in [2.24, 2.45) is 0 Å². The summed E-state index contributed by atoms with van der Waals surface area (Å²) in [6, 6.07) is 4.09. The zero-order chi connectivity index (χ0) is 16.9. The molecule has 0 amide bonds. The Morgan fingerprint density at radius 2 is 2.33 bits per heavy atom. The topological polar surface area (TPSA) is 76.6 Å². The van der Waals surface area contributed by atoms with Crippen LogP contribution in [0.15, 0.2) is 22.8 Å². The van der Waals surface area contributed by atoms with Gasteiger partial charge >= 0.3 is 0 Å². The number of aliphatic hydroxyl groups is 1. The molecule has 0 spiro atoms. The second kappa shape index (κ2) is 7.92. The number of furan rings is 1. The van der Waals surface area contributed by atoms with E-state index in [-0.39, 0.29) is 0 Å². The lowest BCUT2D eigenvalue weighted by molar-refractivity contribution is 0.00209. The first kappa shape index (κ1) is 17.1. The number of ether oxygens (including phenoxy) is 1. The van der Waals surface area contributed by atoms with Crippen molar-refractivity contribution < 1.29 is 14.3 Å². The molecule has 1 saturated heterocycles. The average Bonchev–Trinajstić information content (AvgIpc) is 3.24. The molecule has 0 radical (unpaired) electrons. The molecular weight excluding hydrogens is 308 g/mol. The monoisotopic (exact) mass is 334 g/mol. The van der Waals surface area contributed by atoms with Gasteiger partial charge in [0.25, 0.3) is 0 Å². The summed E-state index contributed by atoms with van der Waals surface area (Å²) in [7, 11) is 0. The molecule has 132 valence electrons. The number of hydrogen-bond donors (Lipinski definition) is 1. The summed E-state index contributed by atoms with van der Waals surface area (Å²) in [6.45, 7) is 7.05. The van der Waals surface area contributed by atoms with E-state index in [4.69, 9.17) is 9.15 Å². The van der Waals surface area contributed by atoms with E-state index in [9.17, 15) is 5.11 Å². The third kappa shape index (κ3) is 4.43. The maximum atomic E-state index is 10.2. The fourth-order valence-electron chi connectivity index (χ4n) is 3.29. The van der Waals surface area contributed by atoms with Crippen LogP contribution >= 0.6 is 0 Å². The molecule has 3 heterocycles. The maximum Gasteiger partial charge on any atom is 0.147 e. The lowest BCUT2D eigenvalue weighted by Gasteiger charge is -2.26. The molecule has 2 atom stereocenters. The van der Waals surface area contributed by atoms with Crippen molar-refractivity contribution in [3.05, 3.63) is 35.8 Å². The number of β-amino-alcohol motifs (C(OH)–C–C–N with tert-alkyl or cyclic N) is 1. The fraction of sp³-hybridized carbons (Fsp3) is 0.647. The number of likely N-dealkylation sites (tertiary alicyclic amines) is 1. The van der Waals surface area contributed by atoms with Crippen LogP contribution in [-0.4, -0.2) is 56.6 Å². The fourth-order valence-corrected chi connectivity index (χ4v) is 3.29. The Balaban J connectivity index is 1.45. The van der Waals surface area contributed by atoms with Crippen molar-refractivity contribution in [1.29, 1.82) is 0 Å². The zero-order valence-electron chi connectivity index (χ0n) is 14.4. The standard InChI is InChI=1S/C17H26N4O3/c1-13-18-14(2)21(19-13)9-15-5-3-7-20(15)10-16(22)11-23-12-17-6-4-8-24-17/h4,6,8,15-16,22H,3,5,7,9-12H2,1-2H3. The lowest BCUT2D eigenvalue weighted by Crippen LogP contribution is -2.40. The first-order chi connectivity index (χ1) is 11.6. The van der Waals surface area contributed by atoms with Crippen LogP contribution in [0.5, 0.6) is 0 Å². The highest BCUT2D eigenvalue weighted by atomic mass is 16.5. The SMILES string of the molecule is Cc1nc(C)n(CC2CCCN2CC(O)COCc2ccco2)n1. The Kier molecular flexibility index (Phi) is 5.65. The van der Waals surface area contributed by atoms with Gasteiger partial charge in [-0.15, -0.1) is 0 Å². The molecule has 1 fully saturated rings. The molecule has 0 aliphatic carbocycles. The molecule has 2 unspecified atom stereocenters. The van der Waals surface area contributed by atoms with E-state index in [1.165, 1.54) is 0 Å². The number of nitrogens with zero attached hydrogens (tertiary/aromatic N) is 4. The van der Waals surface area contributed by atoms with E-state index < -0.39 is 6.10 Å². The third-order valence-corrected chi connectivity index (χ3v) is 4.43. The van der Waals surface area contributed by atoms with Gasteiger partial charge < -0.3 is 14.3 Å². The molecule has 1 N–H and O–H groups in total. The molecule has 1 aliphatic heterocycles. The van der Waals surface area contributed by atoms with Crippen LogP contribution in [0.1, 0.15) is 30.3 Å². The molecule has 7 nitrogen and oxygen atoms in total. The molecular formula is C17H26N4O3. The molecule has 2 aromatic rings. The van der Waals surface area contributed by atoms with Gasteiger partial charge in [0.1, 0.15) is 24.0 Å². The molecule has 2 aromatic heterocycles. The average molecular weight is 334 g/mol. The predicted molar refractivity (Wildman–Crippen MR) is 88.5 cm³/mol. The minimum atomic E-state index is -0.501. The molecule has 3 rings (SSSR count). The van der Waals surface area contributed by atoms with Crippen LogP contribution in [0.2, 0.25) is 0 Å². The summed E-state index contributed by atoms with van der Waals surface area (Å²) in [5.41, 5.74) is 0. The van der Waals surface area contributed by atoms with E-state index in [2.05, 4.69) is 15.0 Å². The minimum Gasteiger partial charge on any atom is -0.467 e. The molecule has 0 saturated carbocycles. The predicted octanol–water partition coefficient (Wildman–Crippen LogP) is 1.53.